The first-order chi connectivity index (χ1) is 14.0. The first-order valence-electron chi connectivity index (χ1n) is 10.1. The minimum absolute atomic E-state index is 0.616. The second-order valence-electron chi connectivity index (χ2n) is 7.33. The average Bonchev–Trinajstić information content (AvgIpc) is 2.98. The third-order valence-electron chi connectivity index (χ3n) is 5.16. The van der Waals surface area contributed by atoms with Crippen LogP contribution in [-0.4, -0.2) is 43.8 Å². The van der Waals surface area contributed by atoms with E-state index in [1.807, 2.05) is 42.8 Å². The molecule has 4 rings (SSSR count). The smallest absolute Gasteiger partial charge is 0.254 e. The van der Waals surface area contributed by atoms with E-state index in [4.69, 9.17) is 21.7 Å². The van der Waals surface area contributed by atoms with Gasteiger partial charge in [-0.1, -0.05) is 0 Å². The van der Waals surface area contributed by atoms with Crippen LogP contribution < -0.4 is 9.47 Å². The van der Waals surface area contributed by atoms with Crippen LogP contribution in [0.4, 0.5) is 0 Å². The molecule has 0 atom stereocenters. The Morgan fingerprint density at radius 1 is 1.03 bits per heavy atom. The Balaban J connectivity index is 1.60. The molecule has 154 valence electrons. The molecular weight excluding hydrogens is 386 g/mol. The minimum Gasteiger partial charge on any atom is -0.490 e. The van der Waals surface area contributed by atoms with Crippen molar-refractivity contribution in [2.24, 2.45) is 0 Å². The minimum atomic E-state index is 0.616. The quantitative estimate of drug-likeness (QED) is 0.575. The number of rotatable bonds is 6. The van der Waals surface area contributed by atoms with E-state index < -0.39 is 0 Å². The fourth-order valence-corrected chi connectivity index (χ4v) is 4.22. The molecular formula is C21H27N5O2S. The van der Waals surface area contributed by atoms with Crippen molar-refractivity contribution >= 4 is 18.0 Å². The third kappa shape index (κ3) is 3.86. The van der Waals surface area contributed by atoms with Gasteiger partial charge < -0.3 is 9.47 Å². The number of nitrogens with zero attached hydrogens (tertiary/aromatic N) is 5. The van der Waals surface area contributed by atoms with Crippen molar-refractivity contribution in [2.75, 3.05) is 19.8 Å². The molecule has 29 heavy (non-hydrogen) atoms. The Labute approximate surface area is 175 Å². The second-order valence-corrected chi connectivity index (χ2v) is 7.70. The van der Waals surface area contributed by atoms with Crippen LogP contribution in [-0.2, 0) is 19.6 Å². The molecule has 3 heterocycles. The fraction of sp³-hybridized carbons (Fsp3) is 0.476. The highest BCUT2D eigenvalue weighted by molar-refractivity contribution is 7.71. The maximum absolute atomic E-state index is 5.80. The SMILES string of the molecule is CCOc1cc2c(cc1OCC)CN(Cn1nc3nc(C)cc(C)n3c1=S)CC2. The van der Waals surface area contributed by atoms with Gasteiger partial charge >= 0.3 is 0 Å². The van der Waals surface area contributed by atoms with Crippen molar-refractivity contribution in [3.05, 3.63) is 45.5 Å². The van der Waals surface area contributed by atoms with E-state index >= 15 is 0 Å². The van der Waals surface area contributed by atoms with Crippen molar-refractivity contribution in [2.45, 2.75) is 47.3 Å². The van der Waals surface area contributed by atoms with Crippen molar-refractivity contribution in [3.63, 3.8) is 0 Å². The van der Waals surface area contributed by atoms with Gasteiger partial charge in [0.05, 0.1) is 19.9 Å². The predicted octanol–water partition coefficient (Wildman–Crippen LogP) is 3.69. The maximum atomic E-state index is 5.80. The predicted molar refractivity (Wildman–Crippen MR) is 114 cm³/mol. The third-order valence-corrected chi connectivity index (χ3v) is 5.55. The lowest BCUT2D eigenvalue weighted by Gasteiger charge is -2.29. The fourth-order valence-electron chi connectivity index (χ4n) is 3.90. The Bertz CT molecular complexity index is 1100. The summed E-state index contributed by atoms with van der Waals surface area (Å²) in [7, 11) is 0. The number of aryl methyl sites for hydroxylation is 2. The summed E-state index contributed by atoms with van der Waals surface area (Å²) in [6, 6.07) is 6.28. The summed E-state index contributed by atoms with van der Waals surface area (Å²) < 4.78 is 16.1. The first-order valence-corrected chi connectivity index (χ1v) is 10.5. The van der Waals surface area contributed by atoms with Crippen LogP contribution in [0.1, 0.15) is 36.4 Å². The summed E-state index contributed by atoms with van der Waals surface area (Å²) in [6.07, 6.45) is 0.957. The maximum Gasteiger partial charge on any atom is 0.254 e. The van der Waals surface area contributed by atoms with Crippen molar-refractivity contribution < 1.29 is 9.47 Å². The van der Waals surface area contributed by atoms with Gasteiger partial charge in [0.25, 0.3) is 5.78 Å². The zero-order valence-electron chi connectivity index (χ0n) is 17.4. The summed E-state index contributed by atoms with van der Waals surface area (Å²) in [5, 5.41) is 4.65. The van der Waals surface area contributed by atoms with Crippen LogP contribution in [0, 0.1) is 18.6 Å². The van der Waals surface area contributed by atoms with Gasteiger partial charge in [-0.3, -0.25) is 9.30 Å². The van der Waals surface area contributed by atoms with E-state index in [2.05, 4.69) is 27.1 Å². The molecule has 0 bridgehead atoms. The van der Waals surface area contributed by atoms with E-state index in [1.54, 1.807) is 0 Å². The van der Waals surface area contributed by atoms with Crippen LogP contribution in [0.15, 0.2) is 18.2 Å². The van der Waals surface area contributed by atoms with Crippen LogP contribution in [0.25, 0.3) is 5.78 Å². The molecule has 1 aliphatic heterocycles. The van der Waals surface area contributed by atoms with Crippen LogP contribution in [0.3, 0.4) is 0 Å². The van der Waals surface area contributed by atoms with Gasteiger partial charge in [0.1, 0.15) is 0 Å². The number of hydrogen-bond acceptors (Lipinski definition) is 6. The Hall–Kier alpha value is -2.45. The van der Waals surface area contributed by atoms with Gasteiger partial charge in [-0.05, 0) is 75.7 Å². The summed E-state index contributed by atoms with van der Waals surface area (Å²) in [5.74, 6) is 2.31. The lowest BCUT2D eigenvalue weighted by Crippen LogP contribution is -2.32. The van der Waals surface area contributed by atoms with E-state index in [1.165, 1.54) is 11.1 Å². The molecule has 0 radical (unpaired) electrons. The van der Waals surface area contributed by atoms with Crippen LogP contribution >= 0.6 is 12.2 Å². The van der Waals surface area contributed by atoms with Gasteiger partial charge in [0.15, 0.2) is 11.5 Å². The second kappa shape index (κ2) is 8.12. The highest BCUT2D eigenvalue weighted by Gasteiger charge is 2.21. The van der Waals surface area contributed by atoms with E-state index in [0.29, 0.717) is 30.4 Å². The van der Waals surface area contributed by atoms with Crippen molar-refractivity contribution in [1.82, 2.24) is 24.1 Å². The van der Waals surface area contributed by atoms with Gasteiger partial charge in [-0.15, -0.1) is 5.10 Å². The molecule has 7 nitrogen and oxygen atoms in total. The summed E-state index contributed by atoms with van der Waals surface area (Å²) in [6.45, 7) is 11.6. The van der Waals surface area contributed by atoms with Crippen molar-refractivity contribution in [3.8, 4) is 11.5 Å². The van der Waals surface area contributed by atoms with E-state index in [0.717, 1.165) is 42.4 Å². The Morgan fingerprint density at radius 3 is 2.41 bits per heavy atom. The van der Waals surface area contributed by atoms with Crippen LogP contribution in [0.2, 0.25) is 0 Å². The molecule has 0 saturated heterocycles. The van der Waals surface area contributed by atoms with Crippen molar-refractivity contribution in [1.29, 1.82) is 0 Å². The molecule has 2 aromatic heterocycles. The average molecular weight is 414 g/mol. The van der Waals surface area contributed by atoms with Crippen LogP contribution in [0.5, 0.6) is 11.5 Å². The molecule has 1 aliphatic rings. The molecule has 0 saturated carbocycles. The van der Waals surface area contributed by atoms with E-state index in [9.17, 15) is 0 Å². The first kappa shape index (κ1) is 19.8. The molecule has 0 spiro atoms. The van der Waals surface area contributed by atoms with Gasteiger partial charge in [0, 0.05) is 24.5 Å². The molecule has 0 unspecified atom stereocenters. The van der Waals surface area contributed by atoms with Gasteiger partial charge in [-0.25, -0.2) is 9.67 Å². The lowest BCUT2D eigenvalue weighted by molar-refractivity contribution is 0.187. The zero-order chi connectivity index (χ0) is 20.5. The summed E-state index contributed by atoms with van der Waals surface area (Å²) >= 11 is 5.67. The summed E-state index contributed by atoms with van der Waals surface area (Å²) in [4.78, 5) is 6.87. The molecule has 1 aromatic carbocycles. The molecule has 0 fully saturated rings. The standard InChI is InChI=1S/C21H27N5O2S/c1-5-27-18-10-16-7-8-24(12-17(16)11-19(18)28-6-2)13-25-21(29)26-15(4)9-14(3)22-20(26)23-25/h9-11H,5-8,12-13H2,1-4H3. The number of fused-ring (bicyclic) bond motifs is 2. The topological polar surface area (TPSA) is 56.8 Å². The number of ether oxygens (including phenoxy) is 2. The number of benzene rings is 1. The highest BCUT2D eigenvalue weighted by Crippen LogP contribution is 2.34. The number of hydrogen-bond donors (Lipinski definition) is 0. The number of aromatic nitrogens is 4. The van der Waals surface area contributed by atoms with E-state index in [-0.39, 0.29) is 0 Å². The molecule has 0 amide bonds. The van der Waals surface area contributed by atoms with Gasteiger partial charge in [0.2, 0.25) is 4.77 Å². The largest absolute Gasteiger partial charge is 0.490 e. The monoisotopic (exact) mass is 413 g/mol. The highest BCUT2D eigenvalue weighted by atomic mass is 32.1. The Morgan fingerprint density at radius 2 is 1.72 bits per heavy atom. The molecule has 0 aliphatic carbocycles. The summed E-state index contributed by atoms with van der Waals surface area (Å²) in [5.41, 5.74) is 4.59. The lowest BCUT2D eigenvalue weighted by atomic mass is 9.99. The van der Waals surface area contributed by atoms with Gasteiger partial charge in [-0.2, -0.15) is 0 Å². The zero-order valence-corrected chi connectivity index (χ0v) is 18.3. The normalized spacial score (nSPS) is 14.2. The Kier molecular flexibility index (Phi) is 5.56. The molecule has 8 heteroatoms. The molecule has 0 N–H and O–H groups in total. The molecule has 3 aromatic rings.